The smallest absolute Gasteiger partial charge is 0.0324 e. The molecule has 0 rings (SSSR count). The van der Waals surface area contributed by atoms with E-state index in [4.69, 9.17) is 0 Å². The molecule has 0 nitrogen and oxygen atoms in total. The first kappa shape index (κ1) is 26.0. The number of unbranched alkanes of at least 4 members (excludes halogenated alkanes) is 11. The van der Waals surface area contributed by atoms with E-state index in [0.29, 0.717) is 0 Å². The van der Waals surface area contributed by atoms with Gasteiger partial charge in [0.15, 0.2) is 0 Å². The summed E-state index contributed by atoms with van der Waals surface area (Å²) in [6, 6.07) is 0. The van der Waals surface area contributed by atoms with Gasteiger partial charge in [0.2, 0.25) is 0 Å². The van der Waals surface area contributed by atoms with E-state index in [1.54, 1.807) is 0 Å². The Hall–Kier alpha value is 0. The standard InChI is InChI=1S/C26H53/c1-5-9-12-15-18-21-25(20-8-4)24-26(22-17-14-11-7-3)23-19-16-13-10-6-2/h24-26H,5-23H2,1-4H3. The van der Waals surface area contributed by atoms with E-state index < -0.39 is 0 Å². The van der Waals surface area contributed by atoms with Crippen LogP contribution in [0.3, 0.4) is 0 Å². The second kappa shape index (κ2) is 21.3. The van der Waals surface area contributed by atoms with Gasteiger partial charge in [-0.25, -0.2) is 0 Å². The highest BCUT2D eigenvalue weighted by Crippen LogP contribution is 2.29. The fourth-order valence-electron chi connectivity index (χ4n) is 4.28. The predicted octanol–water partition coefficient (Wildman–Crippen LogP) is 9.91. The second-order valence-electron chi connectivity index (χ2n) is 8.76. The average Bonchev–Trinajstić information content (AvgIpc) is 2.64. The molecule has 0 aliphatic heterocycles. The molecular weight excluding hydrogens is 312 g/mol. The van der Waals surface area contributed by atoms with Crippen molar-refractivity contribution in [2.45, 2.75) is 150 Å². The van der Waals surface area contributed by atoms with E-state index in [1.807, 2.05) is 0 Å². The van der Waals surface area contributed by atoms with Crippen LogP contribution in [0.25, 0.3) is 0 Å². The maximum Gasteiger partial charge on any atom is -0.0324 e. The SMILES string of the molecule is CCCCCCCC([CH]C(CCCCCC)CCCCCCC)CCC. The van der Waals surface area contributed by atoms with Gasteiger partial charge in [0.05, 0.1) is 0 Å². The maximum absolute atomic E-state index is 2.83. The zero-order valence-electron chi connectivity index (χ0n) is 19.2. The molecule has 0 bridgehead atoms. The zero-order valence-corrected chi connectivity index (χ0v) is 19.2. The fraction of sp³-hybridized carbons (Fsp3) is 0.962. The van der Waals surface area contributed by atoms with E-state index in [0.717, 1.165) is 11.8 Å². The predicted molar refractivity (Wildman–Crippen MR) is 122 cm³/mol. The quantitative estimate of drug-likeness (QED) is 0.177. The first-order valence-electron chi connectivity index (χ1n) is 12.6. The molecule has 0 spiro atoms. The Bertz CT molecular complexity index is 244. The lowest BCUT2D eigenvalue weighted by molar-refractivity contribution is 0.371. The minimum absolute atomic E-state index is 0.897. The third kappa shape index (κ3) is 17.4. The highest BCUT2D eigenvalue weighted by Gasteiger charge is 2.16. The lowest BCUT2D eigenvalue weighted by Crippen LogP contribution is -2.11. The van der Waals surface area contributed by atoms with Crippen LogP contribution in [0, 0.1) is 18.3 Å². The van der Waals surface area contributed by atoms with Gasteiger partial charge in [0, 0.05) is 0 Å². The summed E-state index contributed by atoms with van der Waals surface area (Å²) in [6.07, 6.45) is 30.0. The Morgan fingerprint density at radius 2 is 0.731 bits per heavy atom. The van der Waals surface area contributed by atoms with Crippen molar-refractivity contribution < 1.29 is 0 Å². The average molecular weight is 366 g/mol. The van der Waals surface area contributed by atoms with E-state index in [9.17, 15) is 0 Å². The maximum atomic E-state index is 2.83. The van der Waals surface area contributed by atoms with Crippen LogP contribution in [0.1, 0.15) is 150 Å². The molecule has 0 heterocycles. The van der Waals surface area contributed by atoms with Crippen LogP contribution in [0.5, 0.6) is 0 Å². The van der Waals surface area contributed by atoms with Crippen LogP contribution in [0.4, 0.5) is 0 Å². The summed E-state index contributed by atoms with van der Waals surface area (Å²) < 4.78 is 0. The zero-order chi connectivity index (χ0) is 19.3. The first-order valence-corrected chi connectivity index (χ1v) is 12.6. The molecule has 0 aliphatic carbocycles. The molecule has 0 aromatic heterocycles. The fourth-order valence-corrected chi connectivity index (χ4v) is 4.28. The third-order valence-corrected chi connectivity index (χ3v) is 5.99. The third-order valence-electron chi connectivity index (χ3n) is 5.99. The van der Waals surface area contributed by atoms with Crippen molar-refractivity contribution in [3.8, 4) is 0 Å². The van der Waals surface area contributed by atoms with Gasteiger partial charge in [0.25, 0.3) is 0 Å². The van der Waals surface area contributed by atoms with Gasteiger partial charge in [-0.3, -0.25) is 0 Å². The van der Waals surface area contributed by atoms with Gasteiger partial charge < -0.3 is 0 Å². The van der Waals surface area contributed by atoms with E-state index in [1.165, 1.54) is 122 Å². The van der Waals surface area contributed by atoms with Crippen molar-refractivity contribution in [2.75, 3.05) is 0 Å². The summed E-state index contributed by atoms with van der Waals surface area (Å²) in [5.41, 5.74) is 0. The molecule has 0 N–H and O–H groups in total. The summed E-state index contributed by atoms with van der Waals surface area (Å²) in [5.74, 6) is 1.80. The molecule has 0 aliphatic rings. The summed E-state index contributed by atoms with van der Waals surface area (Å²) in [5, 5.41) is 0. The van der Waals surface area contributed by atoms with Crippen LogP contribution >= 0.6 is 0 Å². The highest BCUT2D eigenvalue weighted by molar-refractivity contribution is 4.84. The summed E-state index contributed by atoms with van der Waals surface area (Å²) >= 11 is 0. The molecule has 0 saturated carbocycles. The van der Waals surface area contributed by atoms with E-state index >= 15 is 0 Å². The molecule has 0 saturated heterocycles. The number of hydrogen-bond acceptors (Lipinski definition) is 0. The Balaban J connectivity index is 4.24. The van der Waals surface area contributed by atoms with Crippen LogP contribution in [0.2, 0.25) is 0 Å². The van der Waals surface area contributed by atoms with E-state index in [-0.39, 0.29) is 0 Å². The van der Waals surface area contributed by atoms with Crippen LogP contribution in [0.15, 0.2) is 0 Å². The molecule has 2 unspecified atom stereocenters. The normalized spacial score (nSPS) is 13.8. The van der Waals surface area contributed by atoms with Crippen LogP contribution < -0.4 is 0 Å². The lowest BCUT2D eigenvalue weighted by atomic mass is 9.82. The Morgan fingerprint density at radius 1 is 0.385 bits per heavy atom. The topological polar surface area (TPSA) is 0 Å². The molecule has 0 aromatic rings. The molecule has 157 valence electrons. The molecule has 1 radical (unpaired) electrons. The molecule has 0 fully saturated rings. The Morgan fingerprint density at radius 3 is 1.12 bits per heavy atom. The van der Waals surface area contributed by atoms with Crippen molar-refractivity contribution >= 4 is 0 Å². The van der Waals surface area contributed by atoms with Gasteiger partial charge in [-0.05, 0) is 18.3 Å². The van der Waals surface area contributed by atoms with E-state index in [2.05, 4.69) is 34.1 Å². The molecule has 0 aromatic carbocycles. The van der Waals surface area contributed by atoms with Gasteiger partial charge in [-0.2, -0.15) is 0 Å². The minimum Gasteiger partial charge on any atom is -0.0654 e. The largest absolute Gasteiger partial charge is 0.0654 e. The molecule has 2 atom stereocenters. The summed E-state index contributed by atoms with van der Waals surface area (Å²) in [4.78, 5) is 0. The van der Waals surface area contributed by atoms with Crippen molar-refractivity contribution in [3.63, 3.8) is 0 Å². The Labute approximate surface area is 168 Å². The molecule has 0 heteroatoms. The Kier molecular flexibility index (Phi) is 21.3. The first-order chi connectivity index (χ1) is 12.8. The molecule has 26 heavy (non-hydrogen) atoms. The summed E-state index contributed by atoms with van der Waals surface area (Å²) in [6.45, 7) is 9.34. The molecule has 0 amide bonds. The number of hydrogen-bond donors (Lipinski definition) is 0. The van der Waals surface area contributed by atoms with Crippen molar-refractivity contribution in [1.29, 1.82) is 0 Å². The van der Waals surface area contributed by atoms with Gasteiger partial charge in [0.1, 0.15) is 0 Å². The minimum atomic E-state index is 0.897. The van der Waals surface area contributed by atoms with Crippen molar-refractivity contribution in [1.82, 2.24) is 0 Å². The summed E-state index contributed by atoms with van der Waals surface area (Å²) in [7, 11) is 0. The van der Waals surface area contributed by atoms with Crippen molar-refractivity contribution in [2.24, 2.45) is 11.8 Å². The van der Waals surface area contributed by atoms with Crippen LogP contribution in [-0.2, 0) is 0 Å². The monoisotopic (exact) mass is 365 g/mol. The molecular formula is C26H53. The van der Waals surface area contributed by atoms with Crippen molar-refractivity contribution in [3.05, 3.63) is 6.42 Å². The highest BCUT2D eigenvalue weighted by atomic mass is 14.2. The lowest BCUT2D eigenvalue weighted by Gasteiger charge is -2.23. The van der Waals surface area contributed by atoms with Gasteiger partial charge in [-0.15, -0.1) is 0 Å². The second-order valence-corrected chi connectivity index (χ2v) is 8.76. The van der Waals surface area contributed by atoms with Crippen LogP contribution in [-0.4, -0.2) is 0 Å². The van der Waals surface area contributed by atoms with Gasteiger partial charge >= 0.3 is 0 Å². The van der Waals surface area contributed by atoms with Gasteiger partial charge in [-0.1, -0.05) is 150 Å². The number of rotatable bonds is 21.